The number of carbonyl (C=O) groups excluding carboxylic acids is 9. The molecular formula is C83H84Br2ClN11O11. The molecule has 108 heavy (non-hydrogen) atoms. The Morgan fingerprint density at radius 1 is 0.667 bits per heavy atom. The topological polar surface area (TPSA) is 230 Å². The highest BCUT2D eigenvalue weighted by Crippen LogP contribution is 2.43. The van der Waals surface area contributed by atoms with E-state index in [9.17, 15) is 43.2 Å². The van der Waals surface area contributed by atoms with Crippen molar-refractivity contribution in [3.63, 3.8) is 0 Å². The fourth-order valence-electron chi connectivity index (χ4n) is 15.6. The van der Waals surface area contributed by atoms with Crippen molar-refractivity contribution in [2.45, 2.75) is 77.4 Å². The standard InChI is InChI=1S/C30H31BrN4O4.C27H29ClN4O3.C26H24BrN3O4/c1-4-27(36)33-16-21(17-33)34-13-11-25(29(34)37)35-18(2)28(23-14-20(31)8-9-24(23)35)30(38)32-12-10-22-19(15-32)6-5-7-26(22)39-3;1-3-26(34)31-15-20(16-31)29-25(33)17-32-18(2)27(22-14-19(28)8-9-24(22)32)21-6-4-5-7-23(21)30-10-12-35-13-11-30;1-2-24(32)30-13-18(14-30)10-20(31)15-29-16-22(21-11-19(27)8-9-23(21)29)25(33)26(34)28-12-17-6-4-3-5-7-17/h4-9,14,21,25H,1,10-13,15-17H2,2-3H3;3-9,14,20H,1,10-13,15-17H2,2H3,(H,29,33);2-9,11,16,18H,1,10,12-15H2,(H,28,34). The van der Waals surface area contributed by atoms with E-state index < -0.39 is 11.7 Å². The average molecular weight is 1610 g/mol. The zero-order valence-electron chi connectivity index (χ0n) is 60.4. The fraction of sp³-hybridized carbons (Fsp3) is 0.313. The number of para-hydroxylation sites is 1. The van der Waals surface area contributed by atoms with Gasteiger partial charge in [-0.15, -0.1) is 0 Å². The van der Waals surface area contributed by atoms with Crippen LogP contribution in [0.3, 0.4) is 0 Å². The molecule has 3 aromatic heterocycles. The minimum atomic E-state index is -0.698. The van der Waals surface area contributed by atoms with Crippen molar-refractivity contribution in [1.29, 1.82) is 0 Å². The third-order valence-electron chi connectivity index (χ3n) is 21.2. The molecule has 22 nitrogen and oxygen atoms in total. The van der Waals surface area contributed by atoms with E-state index in [0.29, 0.717) is 106 Å². The zero-order chi connectivity index (χ0) is 76.2. The lowest BCUT2D eigenvalue weighted by Gasteiger charge is -2.43. The monoisotopic (exact) mass is 1600 g/mol. The van der Waals surface area contributed by atoms with E-state index >= 15 is 0 Å². The van der Waals surface area contributed by atoms with Crippen LogP contribution in [0.4, 0.5) is 5.69 Å². The van der Waals surface area contributed by atoms with Gasteiger partial charge in [-0.3, -0.25) is 43.2 Å². The van der Waals surface area contributed by atoms with Gasteiger partial charge in [0.25, 0.3) is 17.6 Å². The number of nitrogens with zero attached hydrogens (tertiary/aromatic N) is 9. The van der Waals surface area contributed by atoms with Crippen LogP contribution in [0.25, 0.3) is 43.8 Å². The second-order valence-electron chi connectivity index (χ2n) is 27.9. The number of hydrogen-bond acceptors (Lipinski definition) is 12. The number of likely N-dealkylation sites (tertiary alicyclic amines) is 4. The van der Waals surface area contributed by atoms with Crippen molar-refractivity contribution in [1.82, 2.24) is 48.8 Å². The lowest BCUT2D eigenvalue weighted by Crippen LogP contribution is -2.61. The number of benzene rings is 6. The van der Waals surface area contributed by atoms with Crippen molar-refractivity contribution in [3.05, 3.63) is 225 Å². The van der Waals surface area contributed by atoms with Crippen LogP contribution in [0.15, 0.2) is 181 Å². The van der Waals surface area contributed by atoms with Gasteiger partial charge in [-0.1, -0.05) is 124 Å². The first-order valence-electron chi connectivity index (χ1n) is 36.1. The summed E-state index contributed by atoms with van der Waals surface area (Å²) >= 11 is 13.4. The number of ether oxygens (including phenoxy) is 2. The summed E-state index contributed by atoms with van der Waals surface area (Å²) in [5.41, 5.74) is 11.8. The van der Waals surface area contributed by atoms with Crippen LogP contribution in [-0.4, -0.2) is 189 Å². The highest BCUT2D eigenvalue weighted by atomic mass is 79.9. The summed E-state index contributed by atoms with van der Waals surface area (Å²) in [5, 5.41) is 8.86. The number of carbonyl (C=O) groups is 9. The molecular weight excluding hydrogens is 1520 g/mol. The van der Waals surface area contributed by atoms with E-state index in [2.05, 4.69) is 107 Å². The number of anilines is 1. The van der Waals surface area contributed by atoms with Gasteiger partial charge < -0.3 is 63.2 Å². The molecule has 5 fully saturated rings. The van der Waals surface area contributed by atoms with Gasteiger partial charge in [0.2, 0.25) is 29.5 Å². The van der Waals surface area contributed by atoms with Crippen molar-refractivity contribution in [2.24, 2.45) is 5.92 Å². The van der Waals surface area contributed by atoms with Crippen molar-refractivity contribution >= 4 is 135 Å². The maximum absolute atomic E-state index is 14.1. The first kappa shape index (κ1) is 75.8. The number of aromatic nitrogens is 3. The summed E-state index contributed by atoms with van der Waals surface area (Å²) in [4.78, 5) is 125. The molecule has 6 aliphatic rings. The Hall–Kier alpha value is -10.4. The van der Waals surface area contributed by atoms with E-state index in [1.807, 2.05) is 114 Å². The van der Waals surface area contributed by atoms with Gasteiger partial charge in [-0.2, -0.15) is 0 Å². The maximum Gasteiger partial charge on any atom is 0.292 e. The molecule has 9 aromatic rings. The molecule has 5 saturated heterocycles. The second-order valence-corrected chi connectivity index (χ2v) is 30.2. The Kier molecular flexibility index (Phi) is 23.2. The van der Waals surface area contributed by atoms with Crippen LogP contribution < -0.4 is 20.3 Å². The average Bonchev–Trinajstić information content (AvgIpc) is 1.70. The molecule has 0 aliphatic carbocycles. The second kappa shape index (κ2) is 33.0. The molecule has 7 amide bonds. The zero-order valence-corrected chi connectivity index (χ0v) is 64.4. The first-order valence-corrected chi connectivity index (χ1v) is 38.0. The van der Waals surface area contributed by atoms with Crippen molar-refractivity contribution in [3.8, 4) is 16.9 Å². The van der Waals surface area contributed by atoms with Crippen LogP contribution in [-0.2, 0) is 70.9 Å². The summed E-state index contributed by atoms with van der Waals surface area (Å²) < 4.78 is 18.6. The number of nitrogens with one attached hydrogen (secondary N) is 2. The minimum Gasteiger partial charge on any atom is -0.496 e. The number of rotatable bonds is 20. The molecule has 0 radical (unpaired) electrons. The highest BCUT2D eigenvalue weighted by molar-refractivity contribution is 9.10. The highest BCUT2D eigenvalue weighted by Gasteiger charge is 2.44. The van der Waals surface area contributed by atoms with Gasteiger partial charge >= 0.3 is 0 Å². The molecule has 6 aliphatic heterocycles. The summed E-state index contributed by atoms with van der Waals surface area (Å²) in [7, 11) is 1.68. The smallest absolute Gasteiger partial charge is 0.292 e. The number of ketones is 2. The van der Waals surface area contributed by atoms with Crippen LogP contribution in [0.1, 0.15) is 67.7 Å². The number of morpholine rings is 1. The number of hydrogen-bond donors (Lipinski definition) is 2. The Labute approximate surface area is 647 Å². The number of halogens is 3. The lowest BCUT2D eigenvalue weighted by atomic mass is 9.94. The molecule has 0 saturated carbocycles. The van der Waals surface area contributed by atoms with E-state index in [1.165, 1.54) is 18.2 Å². The number of amides is 7. The summed E-state index contributed by atoms with van der Waals surface area (Å²) in [6, 6.07) is 40.5. The molecule has 1 unspecified atom stereocenters. The summed E-state index contributed by atoms with van der Waals surface area (Å²) in [5.74, 6) is -0.752. The number of Topliss-reactive ketones (excluding diaryl/α,β-unsaturated/α-hetero) is 2. The number of methoxy groups -OCH3 is 1. The number of fused-ring (bicyclic) bond motifs is 4. The normalized spacial score (nSPS) is 16.5. The molecule has 2 N–H and O–H groups in total. The quantitative estimate of drug-likeness (QED) is 0.0412. The van der Waals surface area contributed by atoms with Crippen LogP contribution in [0.5, 0.6) is 5.75 Å². The molecule has 558 valence electrons. The van der Waals surface area contributed by atoms with E-state index in [0.717, 1.165) is 101 Å². The Morgan fingerprint density at radius 3 is 2.01 bits per heavy atom. The van der Waals surface area contributed by atoms with Gasteiger partial charge in [-0.05, 0) is 123 Å². The van der Waals surface area contributed by atoms with Crippen molar-refractivity contribution < 1.29 is 52.6 Å². The largest absolute Gasteiger partial charge is 0.496 e. The lowest BCUT2D eigenvalue weighted by molar-refractivity contribution is -0.142. The third-order valence-corrected chi connectivity index (χ3v) is 22.4. The van der Waals surface area contributed by atoms with E-state index in [-0.39, 0.29) is 90.5 Å². The Morgan fingerprint density at radius 2 is 1.31 bits per heavy atom. The molecule has 0 bridgehead atoms. The van der Waals surface area contributed by atoms with Gasteiger partial charge in [0.1, 0.15) is 18.3 Å². The van der Waals surface area contributed by atoms with Gasteiger partial charge in [0.15, 0.2) is 5.78 Å². The van der Waals surface area contributed by atoms with Gasteiger partial charge in [-0.25, -0.2) is 0 Å². The molecule has 25 heteroatoms. The molecule has 15 rings (SSSR count). The SMILES string of the molecule is C=CC(=O)N1CC(CC(=O)Cn2cc(C(=O)C(=O)NCc3ccccc3)c3cc(Br)ccc32)C1.C=CC(=O)N1CC(N2CCC(n3c(C)c(C(=O)N4CCc5c(cccc5OC)C4)c4cc(Br)ccc43)C2=O)C1.C=CC(=O)N1CC(NC(=O)Cn2c(C)c(-c3ccccc3N3CCOCC3)c3cc(Cl)ccc32)C1. The first-order chi connectivity index (χ1) is 52.1. The maximum atomic E-state index is 14.1. The van der Waals surface area contributed by atoms with E-state index in [4.69, 9.17) is 21.1 Å². The van der Waals surface area contributed by atoms with Crippen LogP contribution in [0.2, 0.25) is 5.02 Å². The van der Waals surface area contributed by atoms with E-state index in [1.54, 1.807) is 38.6 Å². The predicted octanol–water partition coefficient (Wildman–Crippen LogP) is 11.2. The van der Waals surface area contributed by atoms with Gasteiger partial charge in [0, 0.05) is 178 Å². The summed E-state index contributed by atoms with van der Waals surface area (Å²) in [6.07, 6.45) is 7.21. The van der Waals surface area contributed by atoms with Crippen molar-refractivity contribution in [2.75, 3.05) is 90.7 Å². The van der Waals surface area contributed by atoms with Crippen LogP contribution in [0, 0.1) is 19.8 Å². The Balaban J connectivity index is 0.000000143. The van der Waals surface area contributed by atoms with Gasteiger partial charge in [0.05, 0.1) is 50.1 Å². The van der Waals surface area contributed by atoms with Crippen LogP contribution >= 0.6 is 43.5 Å². The molecule has 9 heterocycles. The molecule has 0 spiro atoms. The molecule has 1 atom stereocenters. The molecule has 6 aromatic carbocycles. The Bertz CT molecular complexity index is 5080. The summed E-state index contributed by atoms with van der Waals surface area (Å²) in [6.45, 7) is 23.1. The third kappa shape index (κ3) is 15.8. The fourth-order valence-corrected chi connectivity index (χ4v) is 16.5. The minimum absolute atomic E-state index is 0.00282. The predicted molar refractivity (Wildman–Crippen MR) is 423 cm³/mol.